The maximum atomic E-state index is 13.4. The molecule has 0 bridgehead atoms. The third kappa shape index (κ3) is 11.1. The smallest absolute Gasteiger partial charge is 0.294 e. The minimum atomic E-state index is -4.46. The molecule has 13 nitrogen and oxygen atoms in total. The summed E-state index contributed by atoms with van der Waals surface area (Å²) in [6.07, 6.45) is 14.1. The van der Waals surface area contributed by atoms with E-state index in [-0.39, 0.29) is 33.4 Å². The second kappa shape index (κ2) is 19.5. The van der Waals surface area contributed by atoms with Crippen molar-refractivity contribution in [2.75, 3.05) is 41.5 Å². The number of ketones is 1. The van der Waals surface area contributed by atoms with Crippen LogP contribution in [-0.2, 0) is 46.0 Å². The highest BCUT2D eigenvalue weighted by Gasteiger charge is 2.50. The molecule has 3 aromatic carbocycles. The summed E-state index contributed by atoms with van der Waals surface area (Å²) in [7, 11) is -12.9. The van der Waals surface area contributed by atoms with E-state index in [1.165, 1.54) is 24.3 Å². The Hall–Kier alpha value is -4.01. The summed E-state index contributed by atoms with van der Waals surface area (Å²) in [5.41, 5.74) is 6.43. The van der Waals surface area contributed by atoms with E-state index in [9.17, 15) is 43.7 Å². The fourth-order valence-electron chi connectivity index (χ4n) is 9.47. The predicted octanol–water partition coefficient (Wildman–Crippen LogP) is 9.07. The number of rotatable bonds is 20. The fourth-order valence-corrected chi connectivity index (χ4v) is 12.9. The van der Waals surface area contributed by atoms with E-state index in [0.29, 0.717) is 56.7 Å². The van der Waals surface area contributed by atoms with Crippen LogP contribution in [0.4, 0.5) is 11.4 Å². The van der Waals surface area contributed by atoms with E-state index in [2.05, 4.69) is 42.4 Å². The number of carbonyl (C=O) groups excluding carboxylic acids is 1. The van der Waals surface area contributed by atoms with E-state index in [0.717, 1.165) is 57.2 Å². The van der Waals surface area contributed by atoms with Crippen LogP contribution in [0, 0.1) is 0 Å². The zero-order valence-electron chi connectivity index (χ0n) is 37.5. The third-order valence-corrected chi connectivity index (χ3v) is 18.6. The van der Waals surface area contributed by atoms with Crippen LogP contribution >= 0.6 is 23.5 Å². The number of carbonyl (C=O) groups is 1. The summed E-state index contributed by atoms with van der Waals surface area (Å²) in [5, 5.41) is 0. The largest absolute Gasteiger partial charge is 0.457 e. The monoisotopic (exact) mass is 997 g/mol. The number of benzene rings is 3. The highest BCUT2D eigenvalue weighted by atomic mass is 32.2. The lowest BCUT2D eigenvalue weighted by Gasteiger charge is -2.31. The molecule has 0 saturated carbocycles. The molecule has 0 radical (unpaired) electrons. The van der Waals surface area contributed by atoms with Crippen molar-refractivity contribution in [3.8, 4) is 5.75 Å². The molecule has 1 fully saturated rings. The van der Waals surface area contributed by atoms with Crippen molar-refractivity contribution in [3.63, 3.8) is 0 Å². The average molecular weight is 998 g/mol. The van der Waals surface area contributed by atoms with Gasteiger partial charge in [-0.2, -0.15) is 29.8 Å². The SMILES string of the molecule is CSC1(C(=O)CCCC2(C)/C(=C\C=C3/CCCC(/C=C/C4=[N+](CCCS(=O)(=O)O)c5ccccc5C4(C)C)=C3Oc3ccc(S(=O)(=O)O)cc3)N(CCCS(=O)(=O)O)c3ccccc32)CS1. The zero-order chi connectivity index (χ0) is 47.7. The summed E-state index contributed by atoms with van der Waals surface area (Å²) in [5.74, 6) is 1.13. The molecule has 18 heteroatoms. The van der Waals surface area contributed by atoms with Crippen molar-refractivity contribution < 1.29 is 53.0 Å². The van der Waals surface area contributed by atoms with Crippen LogP contribution in [0.3, 0.4) is 0 Å². The molecule has 354 valence electrons. The quantitative estimate of drug-likeness (QED) is 0.0551. The summed E-state index contributed by atoms with van der Waals surface area (Å²) >= 11 is 3.26. The second-order valence-corrected chi connectivity index (χ2v) is 25.0. The van der Waals surface area contributed by atoms with E-state index in [1.807, 2.05) is 67.0 Å². The standard InChI is InChI=1S/C48H56N2O11S5/c1-46(2)38-15-5-7-17-40(38)49(29-11-31-64(52,53)54)42(46)26-20-34-13-9-14-35(45(34)61-36-22-24-37(25-23-36)66(58,59)60)21-27-43-47(3,28-10-19-44(51)48(62-4)33-63-48)39-16-6-8-18-41(39)50(43)30-12-32-65(55,56)57/h5-8,15-18,20-27H,9-14,19,28-33H2,1-4H3,(H2-,52,53,54,55,56,57,58,59,60)/p+1. The number of hydrogen-bond donors (Lipinski definition) is 3. The van der Waals surface area contributed by atoms with Crippen molar-refractivity contribution in [3.05, 3.63) is 131 Å². The van der Waals surface area contributed by atoms with E-state index < -0.39 is 46.9 Å². The highest BCUT2D eigenvalue weighted by Crippen LogP contribution is 2.55. The molecular formula is C48H57N2O11S5+. The normalized spacial score (nSPS) is 23.0. The Labute approximate surface area is 397 Å². The summed E-state index contributed by atoms with van der Waals surface area (Å²) in [4.78, 5) is 15.2. The number of thioether (sulfide) groups is 2. The lowest BCUT2D eigenvalue weighted by atomic mass is 9.77. The number of fused-ring (bicyclic) bond motifs is 2. The van der Waals surface area contributed by atoms with Gasteiger partial charge in [0.1, 0.15) is 22.1 Å². The van der Waals surface area contributed by atoms with Crippen molar-refractivity contribution in [1.82, 2.24) is 0 Å². The van der Waals surface area contributed by atoms with Crippen LogP contribution in [0.15, 0.2) is 125 Å². The first-order valence-electron chi connectivity index (χ1n) is 21.9. The number of allylic oxidation sites excluding steroid dienone is 7. The Morgan fingerprint density at radius 2 is 1.48 bits per heavy atom. The van der Waals surface area contributed by atoms with Gasteiger partial charge in [0, 0.05) is 59.6 Å². The predicted molar refractivity (Wildman–Crippen MR) is 263 cm³/mol. The first-order valence-corrected chi connectivity index (χ1v) is 28.8. The van der Waals surface area contributed by atoms with Crippen molar-refractivity contribution in [2.45, 2.75) is 91.9 Å². The minimum Gasteiger partial charge on any atom is -0.457 e. The maximum Gasteiger partial charge on any atom is 0.294 e. The van der Waals surface area contributed by atoms with Crippen LogP contribution in [0.25, 0.3) is 0 Å². The van der Waals surface area contributed by atoms with Crippen LogP contribution < -0.4 is 9.64 Å². The molecule has 3 aliphatic heterocycles. The second-order valence-electron chi connectivity index (χ2n) is 17.8. The number of hydrogen-bond acceptors (Lipinski definition) is 11. The van der Waals surface area contributed by atoms with Gasteiger partial charge in [0.2, 0.25) is 5.69 Å². The van der Waals surface area contributed by atoms with E-state index >= 15 is 0 Å². The third-order valence-electron chi connectivity index (χ3n) is 13.0. The lowest BCUT2D eigenvalue weighted by Crippen LogP contribution is -2.30. The van der Waals surface area contributed by atoms with Gasteiger partial charge in [0.15, 0.2) is 11.5 Å². The first kappa shape index (κ1) is 49.9. The molecule has 2 atom stereocenters. The number of para-hydroxylation sites is 2. The number of Topliss-reactive ketones (excluding diaryl/α,β-unsaturated/α-hetero) is 1. The Bertz CT molecular complexity index is 2880. The van der Waals surface area contributed by atoms with Gasteiger partial charge in [-0.3, -0.25) is 18.5 Å². The molecule has 0 aromatic heterocycles. The molecule has 0 spiro atoms. The van der Waals surface area contributed by atoms with Gasteiger partial charge in [-0.05, 0) is 125 Å². The van der Waals surface area contributed by atoms with Gasteiger partial charge < -0.3 is 9.64 Å². The molecule has 4 aliphatic rings. The molecule has 7 rings (SSSR count). The summed E-state index contributed by atoms with van der Waals surface area (Å²) in [6.45, 7) is 7.01. The van der Waals surface area contributed by atoms with Gasteiger partial charge in [0.05, 0.1) is 21.8 Å². The van der Waals surface area contributed by atoms with Crippen LogP contribution in [0.5, 0.6) is 5.75 Å². The molecule has 66 heavy (non-hydrogen) atoms. The van der Waals surface area contributed by atoms with Gasteiger partial charge >= 0.3 is 0 Å². The first-order chi connectivity index (χ1) is 31.1. The van der Waals surface area contributed by atoms with Crippen molar-refractivity contribution >= 4 is 76.7 Å². The fraction of sp³-hybridized carbons (Fsp3) is 0.417. The Morgan fingerprint density at radius 1 is 0.833 bits per heavy atom. The number of nitrogens with zero attached hydrogens (tertiary/aromatic N) is 2. The number of anilines is 1. The molecule has 0 amide bonds. The highest BCUT2D eigenvalue weighted by molar-refractivity contribution is 8.25. The molecule has 2 unspecified atom stereocenters. The van der Waals surface area contributed by atoms with E-state index in [1.54, 1.807) is 23.5 Å². The summed E-state index contributed by atoms with van der Waals surface area (Å²) in [6, 6.07) is 21.4. The van der Waals surface area contributed by atoms with Crippen LogP contribution in [0.1, 0.15) is 83.3 Å². The lowest BCUT2D eigenvalue weighted by molar-refractivity contribution is -0.437. The van der Waals surface area contributed by atoms with Crippen molar-refractivity contribution in [1.29, 1.82) is 0 Å². The summed E-state index contributed by atoms with van der Waals surface area (Å²) < 4.78 is 108. The molecule has 3 heterocycles. The average Bonchev–Trinajstić information content (AvgIpc) is 3.98. The van der Waals surface area contributed by atoms with Gasteiger partial charge in [-0.25, -0.2) is 0 Å². The Morgan fingerprint density at radius 3 is 2.14 bits per heavy atom. The Balaban J connectivity index is 1.33. The minimum absolute atomic E-state index is 0.164. The van der Waals surface area contributed by atoms with E-state index in [4.69, 9.17) is 4.74 Å². The topological polar surface area (TPSA) is 196 Å². The van der Waals surface area contributed by atoms with Gasteiger partial charge in [0.25, 0.3) is 30.4 Å². The molecule has 3 aromatic rings. The molecule has 3 N–H and O–H groups in total. The maximum absolute atomic E-state index is 13.4. The Kier molecular flexibility index (Phi) is 14.8. The van der Waals surface area contributed by atoms with Crippen LogP contribution in [0.2, 0.25) is 0 Å². The number of ether oxygens (including phenoxy) is 1. The van der Waals surface area contributed by atoms with Crippen LogP contribution in [-0.4, -0.2) is 95.7 Å². The zero-order valence-corrected chi connectivity index (χ0v) is 41.6. The van der Waals surface area contributed by atoms with Crippen molar-refractivity contribution in [2.24, 2.45) is 0 Å². The van der Waals surface area contributed by atoms with Gasteiger partial charge in [-0.15, -0.1) is 23.5 Å². The molecule has 1 saturated heterocycles. The molecular weight excluding hydrogens is 941 g/mol. The van der Waals surface area contributed by atoms with Gasteiger partial charge in [-0.1, -0.05) is 42.5 Å². The molecule has 1 aliphatic carbocycles.